The van der Waals surface area contributed by atoms with E-state index < -0.39 is 45.4 Å². The van der Waals surface area contributed by atoms with Gasteiger partial charge in [0.15, 0.2) is 6.61 Å². The summed E-state index contributed by atoms with van der Waals surface area (Å²) in [7, 11) is -3.87. The molecule has 2 amide bonds. The van der Waals surface area contributed by atoms with Gasteiger partial charge in [-0.2, -0.15) is 0 Å². The highest BCUT2D eigenvalue weighted by Crippen LogP contribution is 2.14. The van der Waals surface area contributed by atoms with Crippen LogP contribution in [0.2, 0.25) is 0 Å². The lowest BCUT2D eigenvalue weighted by atomic mass is 10.2. The van der Waals surface area contributed by atoms with Gasteiger partial charge in [0.1, 0.15) is 6.04 Å². The van der Waals surface area contributed by atoms with Gasteiger partial charge in [0, 0.05) is 23.4 Å². The molecule has 0 saturated heterocycles. The van der Waals surface area contributed by atoms with Crippen molar-refractivity contribution in [2.45, 2.75) is 17.9 Å². The zero-order valence-electron chi connectivity index (χ0n) is 16.1. The zero-order valence-corrected chi connectivity index (χ0v) is 16.9. The number of nitro groups is 1. The molecular formula is C18H18N4O8S. The van der Waals surface area contributed by atoms with Crippen molar-refractivity contribution in [1.82, 2.24) is 5.32 Å². The molecule has 0 aliphatic rings. The van der Waals surface area contributed by atoms with Gasteiger partial charge in [-0.05, 0) is 37.3 Å². The molecule has 0 bridgehead atoms. The number of nitro benzene ring substituents is 1. The molecule has 0 fully saturated rings. The van der Waals surface area contributed by atoms with Crippen LogP contribution in [0.25, 0.3) is 0 Å². The average molecular weight is 450 g/mol. The van der Waals surface area contributed by atoms with Crippen LogP contribution in [0.1, 0.15) is 17.3 Å². The molecule has 0 aliphatic heterocycles. The number of ether oxygens (including phenoxy) is 1. The second-order valence-corrected chi connectivity index (χ2v) is 7.79. The molecule has 0 saturated carbocycles. The molecule has 164 valence electrons. The van der Waals surface area contributed by atoms with Gasteiger partial charge >= 0.3 is 5.97 Å². The maximum absolute atomic E-state index is 12.1. The number of amides is 2. The number of nitrogens with two attached hydrogens (primary N) is 1. The minimum absolute atomic E-state index is 0.0190. The fraction of sp³-hybridized carbons (Fsp3) is 0.167. The molecule has 0 aromatic heterocycles. The van der Waals surface area contributed by atoms with Crippen molar-refractivity contribution in [2.75, 3.05) is 11.9 Å². The third kappa shape index (κ3) is 6.87. The van der Waals surface area contributed by atoms with E-state index in [4.69, 9.17) is 9.88 Å². The van der Waals surface area contributed by atoms with E-state index in [2.05, 4.69) is 10.6 Å². The van der Waals surface area contributed by atoms with Crippen LogP contribution in [0.4, 0.5) is 11.4 Å². The van der Waals surface area contributed by atoms with E-state index >= 15 is 0 Å². The number of primary sulfonamides is 1. The number of sulfonamides is 1. The van der Waals surface area contributed by atoms with Crippen molar-refractivity contribution in [3.8, 4) is 0 Å². The third-order valence-corrected chi connectivity index (χ3v) is 4.76. The Hall–Kier alpha value is -3.84. The highest BCUT2D eigenvalue weighted by atomic mass is 32.2. The van der Waals surface area contributed by atoms with E-state index in [1.807, 2.05) is 0 Å². The summed E-state index contributed by atoms with van der Waals surface area (Å²) in [5.41, 5.74) is -0.0494. The highest BCUT2D eigenvalue weighted by molar-refractivity contribution is 7.89. The zero-order chi connectivity index (χ0) is 23.2. The number of nitrogens with zero attached hydrogens (tertiary/aromatic N) is 1. The van der Waals surface area contributed by atoms with Gasteiger partial charge in [0.2, 0.25) is 10.0 Å². The smallest absolute Gasteiger partial charge is 0.328 e. The van der Waals surface area contributed by atoms with Gasteiger partial charge in [0.05, 0.1) is 9.82 Å². The van der Waals surface area contributed by atoms with E-state index in [0.29, 0.717) is 0 Å². The molecule has 2 aromatic carbocycles. The maximum Gasteiger partial charge on any atom is 0.328 e. The Labute approximate surface area is 176 Å². The number of rotatable bonds is 8. The largest absolute Gasteiger partial charge is 0.454 e. The fourth-order valence-electron chi connectivity index (χ4n) is 2.29. The van der Waals surface area contributed by atoms with Crippen molar-refractivity contribution in [2.24, 2.45) is 5.14 Å². The second kappa shape index (κ2) is 9.77. The third-order valence-electron chi connectivity index (χ3n) is 3.83. The summed E-state index contributed by atoms with van der Waals surface area (Å²) in [4.78, 5) is 46.0. The van der Waals surface area contributed by atoms with Crippen LogP contribution in [0.15, 0.2) is 53.4 Å². The number of hydrogen-bond acceptors (Lipinski definition) is 8. The SMILES string of the molecule is C[C@H](NC(=O)c1cccc([N+](=O)[O-])c1)C(=O)OCC(=O)Nc1ccc(S(N)(=O)=O)cc1. The van der Waals surface area contributed by atoms with Gasteiger partial charge < -0.3 is 15.4 Å². The molecular weight excluding hydrogens is 432 g/mol. The van der Waals surface area contributed by atoms with Crippen LogP contribution in [-0.4, -0.2) is 43.8 Å². The minimum Gasteiger partial charge on any atom is -0.454 e. The highest BCUT2D eigenvalue weighted by Gasteiger charge is 2.20. The molecule has 0 heterocycles. The summed E-state index contributed by atoms with van der Waals surface area (Å²) in [5, 5.41) is 20.5. The summed E-state index contributed by atoms with van der Waals surface area (Å²) in [6.07, 6.45) is 0. The number of benzene rings is 2. The van der Waals surface area contributed by atoms with Crippen LogP contribution < -0.4 is 15.8 Å². The van der Waals surface area contributed by atoms with Gasteiger partial charge in [-0.15, -0.1) is 0 Å². The lowest BCUT2D eigenvalue weighted by Gasteiger charge is -2.13. The standard InChI is InChI=1S/C18H18N4O8S/c1-11(20-17(24)12-3-2-4-14(9-12)22(26)27)18(25)30-10-16(23)21-13-5-7-15(8-6-13)31(19,28)29/h2-9,11H,10H2,1H3,(H,20,24)(H,21,23)(H2,19,28,29)/t11-/m0/s1. The monoisotopic (exact) mass is 450 g/mol. The van der Waals surface area contributed by atoms with Crippen LogP contribution in [-0.2, 0) is 24.3 Å². The summed E-state index contributed by atoms with van der Waals surface area (Å²) < 4.78 is 27.2. The van der Waals surface area contributed by atoms with Gasteiger partial charge in [-0.3, -0.25) is 19.7 Å². The molecule has 4 N–H and O–H groups in total. The van der Waals surface area contributed by atoms with E-state index in [-0.39, 0.29) is 21.8 Å². The van der Waals surface area contributed by atoms with Gasteiger partial charge in [-0.25, -0.2) is 18.4 Å². The molecule has 0 unspecified atom stereocenters. The first-order valence-corrected chi connectivity index (χ1v) is 10.2. The number of non-ortho nitro benzene ring substituents is 1. The Morgan fingerprint density at radius 2 is 1.81 bits per heavy atom. The Morgan fingerprint density at radius 3 is 2.39 bits per heavy atom. The molecule has 13 heteroatoms. The van der Waals surface area contributed by atoms with Crippen molar-refractivity contribution in [3.63, 3.8) is 0 Å². The Balaban J connectivity index is 1.86. The normalized spacial score (nSPS) is 11.8. The van der Waals surface area contributed by atoms with Crippen molar-refractivity contribution >= 4 is 39.2 Å². The first kappa shape index (κ1) is 23.4. The number of carbonyl (C=O) groups is 3. The average Bonchev–Trinajstić information content (AvgIpc) is 2.71. The second-order valence-electron chi connectivity index (χ2n) is 6.23. The first-order chi connectivity index (χ1) is 14.5. The maximum atomic E-state index is 12.1. The topological polar surface area (TPSA) is 188 Å². The van der Waals surface area contributed by atoms with Crippen LogP contribution >= 0.6 is 0 Å². The number of nitrogens with one attached hydrogen (secondary N) is 2. The number of esters is 1. The number of carbonyl (C=O) groups excluding carboxylic acids is 3. The van der Waals surface area contributed by atoms with E-state index in [1.54, 1.807) is 0 Å². The summed E-state index contributed by atoms with van der Waals surface area (Å²) in [6, 6.07) is 8.82. The lowest BCUT2D eigenvalue weighted by molar-refractivity contribution is -0.384. The number of anilines is 1. The Kier molecular flexibility index (Phi) is 7.39. The lowest BCUT2D eigenvalue weighted by Crippen LogP contribution is -2.40. The molecule has 0 aliphatic carbocycles. The van der Waals surface area contributed by atoms with Gasteiger partial charge in [0.25, 0.3) is 17.5 Å². The van der Waals surface area contributed by atoms with Crippen LogP contribution in [0, 0.1) is 10.1 Å². The molecule has 2 rings (SSSR count). The number of hydrogen-bond donors (Lipinski definition) is 3. The van der Waals surface area contributed by atoms with Gasteiger partial charge in [-0.1, -0.05) is 6.07 Å². The predicted molar refractivity (Wildman–Crippen MR) is 107 cm³/mol. The van der Waals surface area contributed by atoms with E-state index in [0.717, 1.165) is 6.07 Å². The molecule has 0 spiro atoms. The summed E-state index contributed by atoms with van der Waals surface area (Å²) in [5.74, 6) is -2.33. The first-order valence-electron chi connectivity index (χ1n) is 8.62. The predicted octanol–water partition coefficient (Wildman–Crippen LogP) is 0.542. The quantitative estimate of drug-likeness (QED) is 0.295. The van der Waals surface area contributed by atoms with Crippen molar-refractivity contribution < 1.29 is 32.5 Å². The Morgan fingerprint density at radius 1 is 1.16 bits per heavy atom. The molecule has 31 heavy (non-hydrogen) atoms. The van der Waals surface area contributed by atoms with Crippen LogP contribution in [0.3, 0.4) is 0 Å². The fourth-order valence-corrected chi connectivity index (χ4v) is 2.80. The van der Waals surface area contributed by atoms with E-state index in [1.165, 1.54) is 49.4 Å². The van der Waals surface area contributed by atoms with E-state index in [9.17, 15) is 32.9 Å². The Bertz CT molecular complexity index is 1120. The molecule has 12 nitrogen and oxygen atoms in total. The molecule has 0 radical (unpaired) electrons. The molecule has 2 aromatic rings. The van der Waals surface area contributed by atoms with Crippen molar-refractivity contribution in [1.29, 1.82) is 0 Å². The molecule has 1 atom stereocenters. The van der Waals surface area contributed by atoms with Crippen molar-refractivity contribution in [3.05, 3.63) is 64.2 Å². The summed E-state index contributed by atoms with van der Waals surface area (Å²) in [6.45, 7) is 0.661. The summed E-state index contributed by atoms with van der Waals surface area (Å²) >= 11 is 0. The minimum atomic E-state index is -3.87. The van der Waals surface area contributed by atoms with Crippen LogP contribution in [0.5, 0.6) is 0 Å².